The van der Waals surface area contributed by atoms with E-state index in [-0.39, 0.29) is 17.9 Å². The Morgan fingerprint density at radius 2 is 1.91 bits per heavy atom. The molecule has 1 heterocycles. The summed E-state index contributed by atoms with van der Waals surface area (Å²) in [5.74, 6) is -0.131. The molecule has 1 rings (SSSR count). The lowest BCUT2D eigenvalue weighted by Gasteiger charge is -2.33. The van der Waals surface area contributed by atoms with Gasteiger partial charge < -0.3 is 4.74 Å². The van der Waals surface area contributed by atoms with Crippen molar-refractivity contribution >= 4 is 12.0 Å². The summed E-state index contributed by atoms with van der Waals surface area (Å²) in [5, 5.41) is 1.19. The van der Waals surface area contributed by atoms with Crippen LogP contribution in [0.25, 0.3) is 0 Å². The highest BCUT2D eigenvalue weighted by molar-refractivity contribution is 5.86. The summed E-state index contributed by atoms with van der Waals surface area (Å²) >= 11 is 0. The van der Waals surface area contributed by atoms with Gasteiger partial charge in [0.2, 0.25) is 0 Å². The Hall–Kier alpha value is -1.30. The van der Waals surface area contributed by atoms with Crippen molar-refractivity contribution in [3.8, 4) is 0 Å². The molecule has 0 N–H and O–H groups in total. The van der Waals surface area contributed by atoms with E-state index in [1.807, 2.05) is 27.7 Å². The molecule has 0 aromatic heterocycles. The predicted octanol–water partition coefficient (Wildman–Crippen LogP) is 2.82. The molecule has 0 aromatic rings. The van der Waals surface area contributed by atoms with Crippen molar-refractivity contribution < 1.29 is 19.2 Å². The summed E-state index contributed by atoms with van der Waals surface area (Å²) < 4.78 is 5.52. The molecular weight excluding hydrogens is 284 g/mol. The number of hydroxylamine groups is 2. The first-order chi connectivity index (χ1) is 10.1. The molecule has 0 aromatic carbocycles. The van der Waals surface area contributed by atoms with Crippen LogP contribution in [0, 0.1) is 5.92 Å². The molecule has 22 heavy (non-hydrogen) atoms. The van der Waals surface area contributed by atoms with Crippen LogP contribution in [0.5, 0.6) is 0 Å². The molecule has 0 aliphatic carbocycles. The lowest BCUT2D eigenvalue weighted by atomic mass is 9.99. The largest absolute Gasteiger partial charge is 0.444 e. The second kappa shape index (κ2) is 7.31. The maximum atomic E-state index is 12.6. The molecule has 6 heteroatoms. The lowest BCUT2D eigenvalue weighted by Crippen LogP contribution is -2.52. The van der Waals surface area contributed by atoms with E-state index < -0.39 is 17.7 Å². The first kappa shape index (κ1) is 18.7. The number of hydrogen-bond acceptors (Lipinski definition) is 4. The molecule has 0 spiro atoms. The number of likely N-dealkylation sites (tertiary alicyclic amines) is 1. The van der Waals surface area contributed by atoms with Crippen molar-refractivity contribution in [3.05, 3.63) is 0 Å². The van der Waals surface area contributed by atoms with Gasteiger partial charge in [-0.2, -0.15) is 0 Å². The van der Waals surface area contributed by atoms with Gasteiger partial charge in [-0.1, -0.05) is 20.3 Å². The maximum Gasteiger partial charge on any atom is 0.411 e. The number of likely N-dealkylation sites (N-methyl/N-ethyl adjacent to an activating group) is 1. The van der Waals surface area contributed by atoms with Crippen LogP contribution in [0.1, 0.15) is 53.9 Å². The van der Waals surface area contributed by atoms with E-state index in [4.69, 9.17) is 9.57 Å². The van der Waals surface area contributed by atoms with Gasteiger partial charge in [-0.3, -0.25) is 14.5 Å². The second-order valence-electron chi connectivity index (χ2n) is 7.01. The Morgan fingerprint density at radius 1 is 1.32 bits per heavy atom. The van der Waals surface area contributed by atoms with Gasteiger partial charge in [0, 0.05) is 13.1 Å². The maximum absolute atomic E-state index is 12.6. The van der Waals surface area contributed by atoms with E-state index in [2.05, 4.69) is 6.92 Å². The Kier molecular flexibility index (Phi) is 6.23. The summed E-state index contributed by atoms with van der Waals surface area (Å²) in [6.07, 6.45) is 2.21. The number of carbonyl (C=O) groups excluding carboxylic acids is 2. The predicted molar refractivity (Wildman–Crippen MR) is 84.1 cm³/mol. The van der Waals surface area contributed by atoms with Gasteiger partial charge in [0.05, 0.1) is 7.11 Å². The fourth-order valence-corrected chi connectivity index (χ4v) is 2.98. The summed E-state index contributed by atoms with van der Waals surface area (Å²) in [4.78, 5) is 31.8. The van der Waals surface area contributed by atoms with Crippen LogP contribution < -0.4 is 0 Å². The second-order valence-corrected chi connectivity index (χ2v) is 7.01. The van der Waals surface area contributed by atoms with Crippen molar-refractivity contribution in [1.29, 1.82) is 0 Å². The van der Waals surface area contributed by atoms with Gasteiger partial charge in [-0.15, -0.1) is 0 Å². The van der Waals surface area contributed by atoms with Crippen molar-refractivity contribution in [2.45, 2.75) is 71.6 Å². The van der Waals surface area contributed by atoms with Crippen LogP contribution in [0.3, 0.4) is 0 Å². The fourth-order valence-electron chi connectivity index (χ4n) is 2.98. The van der Waals surface area contributed by atoms with Crippen molar-refractivity contribution in [2.24, 2.45) is 5.92 Å². The Bertz CT molecular complexity index is 405. The summed E-state index contributed by atoms with van der Waals surface area (Å²) in [5.41, 5.74) is -0.583. The van der Waals surface area contributed by atoms with Crippen LogP contribution in [0.15, 0.2) is 0 Å². The van der Waals surface area contributed by atoms with Crippen molar-refractivity contribution in [3.63, 3.8) is 0 Å². The van der Waals surface area contributed by atoms with Crippen LogP contribution in [-0.4, -0.2) is 53.8 Å². The molecule has 1 saturated heterocycles. The number of rotatable bonds is 4. The van der Waals surface area contributed by atoms with Gasteiger partial charge in [-0.05, 0) is 39.5 Å². The number of carbonyl (C=O) groups is 2. The average molecular weight is 314 g/mol. The molecule has 1 aliphatic heterocycles. The highest BCUT2D eigenvalue weighted by Crippen LogP contribution is 2.34. The van der Waals surface area contributed by atoms with E-state index in [0.717, 1.165) is 19.3 Å². The molecule has 128 valence electrons. The summed E-state index contributed by atoms with van der Waals surface area (Å²) in [6.45, 7) is 9.57. The van der Waals surface area contributed by atoms with Crippen LogP contribution in [0.4, 0.5) is 4.79 Å². The van der Waals surface area contributed by atoms with Crippen LogP contribution in [-0.2, 0) is 14.4 Å². The molecular formula is C16H30N2O4. The Labute approximate surface area is 133 Å². The van der Waals surface area contributed by atoms with Crippen LogP contribution >= 0.6 is 0 Å². The standard InChI is InChI=1S/C16H30N2O4/c1-8-9-12-10-11(2)13(14(19)17(6)21-7)18(12)15(20)22-16(3,4)5/h11-13H,8-10H2,1-7H3. The van der Waals surface area contributed by atoms with Gasteiger partial charge in [0.1, 0.15) is 11.6 Å². The zero-order valence-corrected chi connectivity index (χ0v) is 14.9. The summed E-state index contributed by atoms with van der Waals surface area (Å²) in [6, 6.07) is -0.495. The normalized spacial score (nSPS) is 25.2. The average Bonchev–Trinajstić information content (AvgIpc) is 2.72. The third kappa shape index (κ3) is 4.35. The van der Waals surface area contributed by atoms with Gasteiger partial charge >= 0.3 is 6.09 Å². The monoisotopic (exact) mass is 314 g/mol. The fraction of sp³-hybridized carbons (Fsp3) is 0.875. The van der Waals surface area contributed by atoms with E-state index in [1.165, 1.54) is 12.2 Å². The third-order valence-corrected chi connectivity index (χ3v) is 3.94. The van der Waals surface area contributed by atoms with E-state index in [0.29, 0.717) is 0 Å². The van der Waals surface area contributed by atoms with E-state index in [1.54, 1.807) is 11.9 Å². The molecule has 0 radical (unpaired) electrons. The van der Waals surface area contributed by atoms with Crippen LogP contribution in [0.2, 0.25) is 0 Å². The highest BCUT2D eigenvalue weighted by atomic mass is 16.7. The smallest absolute Gasteiger partial charge is 0.411 e. The highest BCUT2D eigenvalue weighted by Gasteiger charge is 2.47. The van der Waals surface area contributed by atoms with Gasteiger partial charge in [0.25, 0.3) is 5.91 Å². The molecule has 3 unspecified atom stereocenters. The van der Waals surface area contributed by atoms with E-state index in [9.17, 15) is 9.59 Å². The lowest BCUT2D eigenvalue weighted by molar-refractivity contribution is -0.174. The molecule has 1 fully saturated rings. The minimum atomic E-state index is -0.583. The molecule has 0 bridgehead atoms. The van der Waals surface area contributed by atoms with Crippen molar-refractivity contribution in [1.82, 2.24) is 9.96 Å². The minimum absolute atomic E-state index is 0.0362. The number of nitrogens with zero attached hydrogens (tertiary/aromatic N) is 2. The first-order valence-corrected chi connectivity index (χ1v) is 7.95. The topological polar surface area (TPSA) is 59.1 Å². The minimum Gasteiger partial charge on any atom is -0.444 e. The molecule has 2 amide bonds. The summed E-state index contributed by atoms with van der Waals surface area (Å²) in [7, 11) is 3.01. The van der Waals surface area contributed by atoms with Gasteiger partial charge in [-0.25, -0.2) is 9.86 Å². The zero-order chi connectivity index (χ0) is 17.1. The molecule has 1 aliphatic rings. The third-order valence-electron chi connectivity index (χ3n) is 3.94. The molecule has 3 atom stereocenters. The van der Waals surface area contributed by atoms with E-state index >= 15 is 0 Å². The number of ether oxygens (including phenoxy) is 1. The zero-order valence-electron chi connectivity index (χ0n) is 14.9. The Balaban J connectivity index is 3.05. The molecule has 0 saturated carbocycles. The quantitative estimate of drug-likeness (QED) is 0.749. The number of hydrogen-bond donors (Lipinski definition) is 0. The Morgan fingerprint density at radius 3 is 2.36 bits per heavy atom. The SMILES string of the molecule is CCCC1CC(C)C(C(=O)N(C)OC)N1C(=O)OC(C)(C)C. The first-order valence-electron chi connectivity index (χ1n) is 7.95. The molecule has 6 nitrogen and oxygen atoms in total. The number of amides is 2. The van der Waals surface area contributed by atoms with Gasteiger partial charge in [0.15, 0.2) is 0 Å². The van der Waals surface area contributed by atoms with Crippen molar-refractivity contribution in [2.75, 3.05) is 14.2 Å².